The molecule has 0 spiro atoms. The summed E-state index contributed by atoms with van der Waals surface area (Å²) in [6.07, 6.45) is -0.416. The molecule has 0 bridgehead atoms. The van der Waals surface area contributed by atoms with Crippen LogP contribution in [0.2, 0.25) is 0 Å². The molecule has 0 unspecified atom stereocenters. The molecule has 7 nitrogen and oxygen atoms in total. The van der Waals surface area contributed by atoms with E-state index in [1.807, 2.05) is 6.92 Å². The Kier molecular flexibility index (Phi) is 4.27. The van der Waals surface area contributed by atoms with E-state index in [1.54, 1.807) is 0 Å². The Morgan fingerprint density at radius 2 is 2.24 bits per heavy atom. The van der Waals surface area contributed by atoms with E-state index in [0.29, 0.717) is 12.2 Å². The van der Waals surface area contributed by atoms with Crippen LogP contribution in [0.3, 0.4) is 0 Å². The maximum absolute atomic E-state index is 10.8. The van der Waals surface area contributed by atoms with Gasteiger partial charge in [0.15, 0.2) is 0 Å². The van der Waals surface area contributed by atoms with E-state index in [4.69, 9.17) is 5.11 Å². The van der Waals surface area contributed by atoms with E-state index < -0.39 is 11.0 Å². The summed E-state index contributed by atoms with van der Waals surface area (Å²) in [5, 5.41) is 24.3. The summed E-state index contributed by atoms with van der Waals surface area (Å²) in [5.41, 5.74) is 0.406. The van der Waals surface area contributed by atoms with Gasteiger partial charge in [-0.25, -0.2) is 4.79 Å². The summed E-state index contributed by atoms with van der Waals surface area (Å²) in [6, 6.07) is 4.14. The van der Waals surface area contributed by atoms with Crippen molar-refractivity contribution in [2.24, 2.45) is 0 Å². The molecule has 0 aliphatic heterocycles. The highest BCUT2D eigenvalue weighted by molar-refractivity contribution is 5.84. The van der Waals surface area contributed by atoms with Crippen molar-refractivity contribution >= 4 is 23.2 Å². The zero-order chi connectivity index (χ0) is 12.8. The van der Waals surface area contributed by atoms with E-state index >= 15 is 0 Å². The molecule has 1 aromatic rings. The maximum atomic E-state index is 10.8. The summed E-state index contributed by atoms with van der Waals surface area (Å²) in [4.78, 5) is 20.7. The molecule has 0 saturated carbocycles. The number of nitrogens with zero attached hydrogens (tertiary/aromatic N) is 1. The molecule has 0 aromatic heterocycles. The van der Waals surface area contributed by atoms with Crippen LogP contribution in [-0.4, -0.2) is 22.7 Å². The predicted octanol–water partition coefficient (Wildman–Crippen LogP) is 2.51. The van der Waals surface area contributed by atoms with Gasteiger partial charge in [0.2, 0.25) is 0 Å². The van der Waals surface area contributed by atoms with E-state index in [2.05, 4.69) is 10.6 Å². The molecule has 0 aliphatic rings. The SMILES string of the molecule is CCCNc1ccc(NC(=O)O)cc1[N+](=O)[O-]. The molecular formula is C10H13N3O4. The van der Waals surface area contributed by atoms with Crippen molar-refractivity contribution in [2.45, 2.75) is 13.3 Å². The minimum Gasteiger partial charge on any atom is -0.465 e. The number of benzene rings is 1. The van der Waals surface area contributed by atoms with Gasteiger partial charge in [0.1, 0.15) is 5.69 Å². The van der Waals surface area contributed by atoms with Crippen LogP contribution < -0.4 is 10.6 Å². The lowest BCUT2D eigenvalue weighted by atomic mass is 10.2. The minimum absolute atomic E-state index is 0.148. The molecule has 0 fully saturated rings. The molecule has 7 heteroatoms. The van der Waals surface area contributed by atoms with E-state index in [1.165, 1.54) is 18.2 Å². The van der Waals surface area contributed by atoms with Crippen LogP contribution in [0, 0.1) is 10.1 Å². The lowest BCUT2D eigenvalue weighted by Crippen LogP contribution is -2.08. The van der Waals surface area contributed by atoms with Crippen molar-refractivity contribution in [3.05, 3.63) is 28.3 Å². The van der Waals surface area contributed by atoms with Gasteiger partial charge in [0, 0.05) is 12.6 Å². The van der Waals surface area contributed by atoms with Crippen LogP contribution >= 0.6 is 0 Å². The van der Waals surface area contributed by atoms with Gasteiger partial charge in [0.25, 0.3) is 5.69 Å². The predicted molar refractivity (Wildman–Crippen MR) is 63.5 cm³/mol. The second-order valence-electron chi connectivity index (χ2n) is 3.35. The summed E-state index contributed by atoms with van der Waals surface area (Å²) in [6.45, 7) is 2.56. The molecule has 1 rings (SSSR count). The number of carboxylic acid groups (broad SMARTS) is 1. The Bertz CT molecular complexity index is 434. The second-order valence-corrected chi connectivity index (χ2v) is 3.35. The van der Waals surface area contributed by atoms with Crippen LogP contribution in [0.4, 0.5) is 21.9 Å². The van der Waals surface area contributed by atoms with Gasteiger partial charge in [-0.15, -0.1) is 0 Å². The number of hydrogen-bond acceptors (Lipinski definition) is 4. The van der Waals surface area contributed by atoms with Crippen LogP contribution in [0.5, 0.6) is 0 Å². The van der Waals surface area contributed by atoms with Gasteiger partial charge in [-0.3, -0.25) is 15.4 Å². The Morgan fingerprint density at radius 1 is 1.53 bits per heavy atom. The number of amides is 1. The topological polar surface area (TPSA) is 104 Å². The Hall–Kier alpha value is -2.31. The van der Waals surface area contributed by atoms with Gasteiger partial charge in [-0.2, -0.15) is 0 Å². The van der Waals surface area contributed by atoms with E-state index in [-0.39, 0.29) is 11.4 Å². The summed E-state index contributed by atoms with van der Waals surface area (Å²) in [5.74, 6) is 0. The third kappa shape index (κ3) is 3.63. The first-order valence-electron chi connectivity index (χ1n) is 5.07. The Morgan fingerprint density at radius 3 is 2.76 bits per heavy atom. The van der Waals surface area contributed by atoms with Crippen molar-refractivity contribution in [2.75, 3.05) is 17.2 Å². The first-order valence-corrected chi connectivity index (χ1v) is 5.07. The normalized spacial score (nSPS) is 9.71. The van der Waals surface area contributed by atoms with Crippen molar-refractivity contribution < 1.29 is 14.8 Å². The Labute approximate surface area is 97.6 Å². The minimum atomic E-state index is -1.26. The fourth-order valence-corrected chi connectivity index (χ4v) is 1.29. The van der Waals surface area contributed by atoms with E-state index in [0.717, 1.165) is 6.42 Å². The van der Waals surface area contributed by atoms with Crippen LogP contribution in [0.25, 0.3) is 0 Å². The smallest absolute Gasteiger partial charge is 0.409 e. The molecule has 1 aromatic carbocycles. The van der Waals surface area contributed by atoms with Crippen LogP contribution in [0.1, 0.15) is 13.3 Å². The van der Waals surface area contributed by atoms with Gasteiger partial charge in [-0.05, 0) is 18.6 Å². The Balaban J connectivity index is 2.99. The zero-order valence-electron chi connectivity index (χ0n) is 9.27. The molecular weight excluding hydrogens is 226 g/mol. The fourth-order valence-electron chi connectivity index (χ4n) is 1.29. The number of nitro groups is 1. The number of nitro benzene ring substituents is 1. The van der Waals surface area contributed by atoms with E-state index in [9.17, 15) is 14.9 Å². The van der Waals surface area contributed by atoms with Crippen molar-refractivity contribution in [1.29, 1.82) is 0 Å². The number of anilines is 2. The molecule has 0 atom stereocenters. The average Bonchev–Trinajstić information content (AvgIpc) is 2.26. The highest BCUT2D eigenvalue weighted by Crippen LogP contribution is 2.27. The number of nitrogens with one attached hydrogen (secondary N) is 2. The third-order valence-corrected chi connectivity index (χ3v) is 2.01. The standard InChI is InChI=1S/C10H13N3O4/c1-2-5-11-8-4-3-7(12-10(14)15)6-9(8)13(16)17/h3-4,6,11-12H,2,5H2,1H3,(H,14,15). The highest BCUT2D eigenvalue weighted by Gasteiger charge is 2.14. The highest BCUT2D eigenvalue weighted by atomic mass is 16.6. The zero-order valence-corrected chi connectivity index (χ0v) is 9.27. The first kappa shape index (κ1) is 12.8. The largest absolute Gasteiger partial charge is 0.465 e. The lowest BCUT2D eigenvalue weighted by Gasteiger charge is -2.07. The molecule has 3 N–H and O–H groups in total. The van der Waals surface area contributed by atoms with Gasteiger partial charge < -0.3 is 10.4 Å². The van der Waals surface area contributed by atoms with Crippen molar-refractivity contribution in [3.63, 3.8) is 0 Å². The molecule has 0 aliphatic carbocycles. The number of carbonyl (C=O) groups is 1. The fraction of sp³-hybridized carbons (Fsp3) is 0.300. The summed E-state index contributed by atoms with van der Waals surface area (Å²) < 4.78 is 0. The number of rotatable bonds is 5. The van der Waals surface area contributed by atoms with Gasteiger partial charge in [-0.1, -0.05) is 6.92 Å². The quantitative estimate of drug-likeness (QED) is 0.540. The molecule has 1 amide bonds. The maximum Gasteiger partial charge on any atom is 0.409 e. The third-order valence-electron chi connectivity index (χ3n) is 2.01. The summed E-state index contributed by atoms with van der Waals surface area (Å²) >= 11 is 0. The second kappa shape index (κ2) is 5.69. The molecule has 0 saturated heterocycles. The first-order chi connectivity index (χ1) is 8.04. The van der Waals surface area contributed by atoms with Crippen LogP contribution in [0.15, 0.2) is 18.2 Å². The lowest BCUT2D eigenvalue weighted by molar-refractivity contribution is -0.383. The van der Waals surface area contributed by atoms with Gasteiger partial charge >= 0.3 is 6.09 Å². The van der Waals surface area contributed by atoms with Crippen molar-refractivity contribution in [1.82, 2.24) is 0 Å². The van der Waals surface area contributed by atoms with Crippen molar-refractivity contribution in [3.8, 4) is 0 Å². The monoisotopic (exact) mass is 239 g/mol. The summed E-state index contributed by atoms with van der Waals surface area (Å²) in [7, 11) is 0. The molecule has 0 radical (unpaired) electrons. The van der Waals surface area contributed by atoms with Gasteiger partial charge in [0.05, 0.1) is 10.6 Å². The molecule has 17 heavy (non-hydrogen) atoms. The van der Waals surface area contributed by atoms with Crippen LogP contribution in [-0.2, 0) is 0 Å². The molecule has 0 heterocycles. The number of hydrogen-bond donors (Lipinski definition) is 3. The molecule has 92 valence electrons. The average molecular weight is 239 g/mol.